The molecule has 0 spiro atoms. The summed E-state index contributed by atoms with van der Waals surface area (Å²) in [6.45, 7) is -1.01. The van der Waals surface area contributed by atoms with Crippen molar-refractivity contribution in [2.45, 2.75) is 61.3 Å². The van der Waals surface area contributed by atoms with Gasteiger partial charge in [0, 0.05) is 0 Å². The van der Waals surface area contributed by atoms with Crippen LogP contribution in [0.2, 0.25) is 0 Å². The zero-order valence-electron chi connectivity index (χ0n) is 20.9. The lowest BCUT2D eigenvalue weighted by Gasteiger charge is -2.46. The van der Waals surface area contributed by atoms with Crippen LogP contribution < -0.4 is 15.4 Å². The number of methoxy groups -OCH3 is 1. The lowest BCUT2D eigenvalue weighted by atomic mass is 9.96. The average Bonchev–Trinajstić information content (AvgIpc) is 2.94. The molecule has 0 aromatic heterocycles. The van der Waals surface area contributed by atoms with Gasteiger partial charge in [0.2, 0.25) is 0 Å². The molecule has 0 radical (unpaired) electrons. The third kappa shape index (κ3) is 7.71. The maximum absolute atomic E-state index is 11.6. The summed E-state index contributed by atoms with van der Waals surface area (Å²) in [6, 6.07) is 6.40. The van der Waals surface area contributed by atoms with E-state index in [4.69, 9.17) is 31.2 Å². The molecule has 0 aliphatic carbocycles. The van der Waals surface area contributed by atoms with Crippen LogP contribution in [-0.4, -0.2) is 142 Å². The Morgan fingerprint density at radius 2 is 1.69 bits per heavy atom. The van der Waals surface area contributed by atoms with E-state index in [0.717, 1.165) is 0 Å². The predicted octanol–water partition coefficient (Wildman–Crippen LogP) is -4.06. The monoisotopic (exact) mass is 578 g/mol. The Bertz CT molecular complexity index is 954. The van der Waals surface area contributed by atoms with Gasteiger partial charge in [0.15, 0.2) is 17.6 Å². The summed E-state index contributed by atoms with van der Waals surface area (Å²) in [4.78, 5) is 11.6. The molecular weight excluding hydrogens is 544 g/mol. The first-order valence-corrected chi connectivity index (χ1v) is 12.5. The van der Waals surface area contributed by atoms with Crippen LogP contribution in [0.1, 0.15) is 10.4 Å². The number of carbonyl (C=O) groups is 1. The van der Waals surface area contributed by atoms with Gasteiger partial charge in [0.05, 0.1) is 32.4 Å². The second-order valence-corrected chi connectivity index (χ2v) is 9.23. The zero-order valence-corrected chi connectivity index (χ0v) is 21.7. The van der Waals surface area contributed by atoms with Gasteiger partial charge in [-0.25, -0.2) is 4.79 Å². The average molecular weight is 579 g/mol. The molecule has 9 N–H and O–H groups in total. The van der Waals surface area contributed by atoms with Gasteiger partial charge in [-0.05, 0) is 30.4 Å². The topological polar surface area (TPSA) is 229 Å². The highest BCUT2D eigenvalue weighted by atomic mass is 32.1. The Morgan fingerprint density at radius 3 is 2.36 bits per heavy atom. The maximum Gasteiger partial charge on any atom is 0.337 e. The summed E-state index contributed by atoms with van der Waals surface area (Å²) in [5.74, 6) is -0.0665. The Balaban J connectivity index is 1.50. The molecule has 2 aliphatic rings. The Kier molecular flexibility index (Phi) is 11.6. The molecule has 15 nitrogen and oxygen atoms in total. The number of thiocarbonyl (C=S) groups is 1. The van der Waals surface area contributed by atoms with Crippen molar-refractivity contribution in [2.24, 2.45) is 0 Å². The standard InChI is InChI=1S/C23H34N2O13S/c1-34-21(33)10-3-2-4-11(7-10)35-6-5-24-23(39)25-20-17(31)16(30)19(13(9-27)36-20)38-22-18(32)15(29)14(28)12(8-26)37-22/h2-4,7,12-20,22,26-32H,5-6,8-9H2,1H3,(H2,24,25,39)/t12-,13-,14+,15+,16-,17-,18-,19-,20-,22+/m1/s1. The molecular formula is C23H34N2O13S. The molecule has 2 heterocycles. The predicted molar refractivity (Wildman–Crippen MR) is 133 cm³/mol. The van der Waals surface area contributed by atoms with Gasteiger partial charge in [-0.2, -0.15) is 0 Å². The van der Waals surface area contributed by atoms with Crippen LogP contribution in [0.4, 0.5) is 0 Å². The number of aliphatic hydroxyl groups is 7. The van der Waals surface area contributed by atoms with Crippen molar-refractivity contribution in [2.75, 3.05) is 33.5 Å². The molecule has 3 rings (SSSR count). The molecule has 1 aromatic carbocycles. The first-order chi connectivity index (χ1) is 18.6. The highest BCUT2D eigenvalue weighted by molar-refractivity contribution is 7.80. The van der Waals surface area contributed by atoms with E-state index in [1.807, 2.05) is 0 Å². The molecule has 0 unspecified atom stereocenters. The maximum atomic E-state index is 11.6. The molecule has 1 aromatic rings. The molecule has 2 saturated heterocycles. The summed E-state index contributed by atoms with van der Waals surface area (Å²) in [6.07, 6.45) is -15.2. The van der Waals surface area contributed by atoms with E-state index in [1.165, 1.54) is 13.2 Å². The number of aliphatic hydroxyl groups excluding tert-OH is 7. The van der Waals surface area contributed by atoms with Crippen LogP contribution in [0.3, 0.4) is 0 Å². The van der Waals surface area contributed by atoms with Crippen LogP contribution in [0, 0.1) is 0 Å². The number of ether oxygens (including phenoxy) is 5. The molecule has 2 fully saturated rings. The molecule has 220 valence electrons. The first-order valence-electron chi connectivity index (χ1n) is 12.0. The van der Waals surface area contributed by atoms with E-state index < -0.39 is 80.5 Å². The van der Waals surface area contributed by atoms with Crippen LogP contribution in [0.5, 0.6) is 5.75 Å². The molecule has 39 heavy (non-hydrogen) atoms. The Hall–Kier alpha value is -2.22. The van der Waals surface area contributed by atoms with Gasteiger partial charge in [-0.15, -0.1) is 0 Å². The molecule has 10 atom stereocenters. The van der Waals surface area contributed by atoms with E-state index in [1.54, 1.807) is 18.2 Å². The van der Waals surface area contributed by atoms with Crippen molar-refractivity contribution in [3.63, 3.8) is 0 Å². The van der Waals surface area contributed by atoms with E-state index in [0.29, 0.717) is 11.3 Å². The number of esters is 1. The highest BCUT2D eigenvalue weighted by Crippen LogP contribution is 2.28. The largest absolute Gasteiger partial charge is 0.492 e. The fourth-order valence-corrected chi connectivity index (χ4v) is 4.27. The van der Waals surface area contributed by atoms with E-state index in [2.05, 4.69) is 15.4 Å². The van der Waals surface area contributed by atoms with Crippen LogP contribution in [0.15, 0.2) is 24.3 Å². The minimum absolute atomic E-state index is 0.0307. The van der Waals surface area contributed by atoms with Crippen LogP contribution in [-0.2, 0) is 18.9 Å². The number of carbonyl (C=O) groups excluding carboxylic acids is 1. The fourth-order valence-electron chi connectivity index (χ4n) is 4.05. The fraction of sp³-hybridized carbons (Fsp3) is 0.652. The highest BCUT2D eigenvalue weighted by Gasteiger charge is 2.50. The van der Waals surface area contributed by atoms with Crippen molar-refractivity contribution in [3.8, 4) is 5.75 Å². The van der Waals surface area contributed by atoms with Gasteiger partial charge in [0.25, 0.3) is 0 Å². The molecule has 0 amide bonds. The lowest BCUT2D eigenvalue weighted by Crippen LogP contribution is -2.67. The molecule has 16 heteroatoms. The van der Waals surface area contributed by atoms with Gasteiger partial charge in [0.1, 0.15) is 61.2 Å². The summed E-state index contributed by atoms with van der Waals surface area (Å²) in [7, 11) is 1.27. The number of nitrogens with one attached hydrogen (secondary N) is 2. The first kappa shape index (κ1) is 31.3. The van der Waals surface area contributed by atoms with Crippen LogP contribution in [0.25, 0.3) is 0 Å². The number of hydrogen-bond donors (Lipinski definition) is 9. The molecule has 0 saturated carbocycles. The van der Waals surface area contributed by atoms with Gasteiger partial charge in [-0.1, -0.05) is 6.07 Å². The van der Waals surface area contributed by atoms with Gasteiger partial charge >= 0.3 is 5.97 Å². The zero-order chi connectivity index (χ0) is 28.7. The van der Waals surface area contributed by atoms with Crippen molar-refractivity contribution in [1.29, 1.82) is 0 Å². The summed E-state index contributed by atoms with van der Waals surface area (Å²) < 4.78 is 26.6. The van der Waals surface area contributed by atoms with Crippen molar-refractivity contribution in [3.05, 3.63) is 29.8 Å². The van der Waals surface area contributed by atoms with Crippen molar-refractivity contribution < 1.29 is 64.2 Å². The van der Waals surface area contributed by atoms with Gasteiger partial charge in [-0.3, -0.25) is 0 Å². The van der Waals surface area contributed by atoms with E-state index in [9.17, 15) is 40.5 Å². The lowest BCUT2D eigenvalue weighted by molar-refractivity contribution is -0.342. The number of benzene rings is 1. The van der Waals surface area contributed by atoms with E-state index in [-0.39, 0.29) is 18.3 Å². The summed E-state index contributed by atoms with van der Waals surface area (Å²) in [5, 5.41) is 76.0. The van der Waals surface area contributed by atoms with E-state index >= 15 is 0 Å². The third-order valence-electron chi connectivity index (χ3n) is 6.19. The number of hydrogen-bond acceptors (Lipinski definition) is 14. The Morgan fingerprint density at radius 1 is 0.974 bits per heavy atom. The summed E-state index contributed by atoms with van der Waals surface area (Å²) in [5.41, 5.74) is 0.328. The second-order valence-electron chi connectivity index (χ2n) is 8.82. The van der Waals surface area contributed by atoms with Crippen molar-refractivity contribution in [1.82, 2.24) is 10.6 Å². The number of rotatable bonds is 10. The summed E-state index contributed by atoms with van der Waals surface area (Å²) >= 11 is 5.19. The third-order valence-corrected chi connectivity index (χ3v) is 6.45. The second kappa shape index (κ2) is 14.4. The SMILES string of the molecule is COC(=O)c1cccc(OCCNC(=S)N[C@@H]2O[C@H](CO)[C@@H](O[C@@H]3O[C@H](CO)[C@H](O)[C@H](O)[C@H]3O)[C@H](O)[C@H]2O)c1. The Labute approximate surface area is 228 Å². The van der Waals surface area contributed by atoms with Gasteiger partial charge < -0.3 is 70.1 Å². The normalized spacial score (nSPS) is 34.7. The molecule has 2 aliphatic heterocycles. The quantitative estimate of drug-likeness (QED) is 0.0731. The smallest absolute Gasteiger partial charge is 0.337 e. The van der Waals surface area contributed by atoms with Crippen molar-refractivity contribution >= 4 is 23.3 Å². The minimum atomic E-state index is -1.76. The van der Waals surface area contributed by atoms with Crippen LogP contribution >= 0.6 is 12.2 Å². The molecule has 0 bridgehead atoms. The minimum Gasteiger partial charge on any atom is -0.492 e.